The Bertz CT molecular complexity index is 655. The summed E-state index contributed by atoms with van der Waals surface area (Å²) in [6, 6.07) is 6.70. The van der Waals surface area contributed by atoms with Gasteiger partial charge in [0.15, 0.2) is 8.32 Å². The molecule has 0 heterocycles. The summed E-state index contributed by atoms with van der Waals surface area (Å²) < 4.78 is 5.32. The molecular formula is C23H41NO3Si. The van der Waals surface area contributed by atoms with Gasteiger partial charge in [0.2, 0.25) is 0 Å². The summed E-state index contributed by atoms with van der Waals surface area (Å²) in [5.74, 6) is 0.436. The average Bonchev–Trinajstić information content (AvgIpc) is 2.50. The normalized spacial score (nSPS) is 13.0. The van der Waals surface area contributed by atoms with E-state index < -0.39 is 13.9 Å². The highest BCUT2D eigenvalue weighted by atomic mass is 28.4. The van der Waals surface area contributed by atoms with Crippen LogP contribution in [0.15, 0.2) is 18.2 Å². The zero-order valence-electron chi connectivity index (χ0n) is 19.4. The van der Waals surface area contributed by atoms with E-state index >= 15 is 0 Å². The topological polar surface area (TPSA) is 58.6 Å². The van der Waals surface area contributed by atoms with Crippen LogP contribution in [0.4, 0.5) is 4.79 Å². The lowest BCUT2D eigenvalue weighted by molar-refractivity contribution is 0.0528. The maximum atomic E-state index is 11.9. The van der Waals surface area contributed by atoms with Crippen LogP contribution in [0.25, 0.3) is 0 Å². The van der Waals surface area contributed by atoms with Crippen LogP contribution in [0.3, 0.4) is 0 Å². The minimum atomic E-state index is -2.20. The van der Waals surface area contributed by atoms with Crippen molar-refractivity contribution in [3.63, 3.8) is 0 Å². The van der Waals surface area contributed by atoms with Crippen LogP contribution in [0.1, 0.15) is 77.5 Å². The van der Waals surface area contributed by atoms with Gasteiger partial charge in [-0.15, -0.1) is 0 Å². The Morgan fingerprint density at radius 2 is 1.75 bits per heavy atom. The highest BCUT2D eigenvalue weighted by Crippen LogP contribution is 2.39. The molecule has 28 heavy (non-hydrogen) atoms. The van der Waals surface area contributed by atoms with Gasteiger partial charge in [-0.25, -0.2) is 4.79 Å². The molecule has 0 aromatic heterocycles. The van der Waals surface area contributed by atoms with Crippen molar-refractivity contribution >= 4 is 14.4 Å². The Morgan fingerprint density at radius 1 is 1.14 bits per heavy atom. The van der Waals surface area contributed by atoms with Gasteiger partial charge in [0, 0.05) is 6.54 Å². The Hall–Kier alpha value is -1.33. The quantitative estimate of drug-likeness (QED) is 0.536. The maximum Gasteiger partial charge on any atom is 0.407 e. The van der Waals surface area contributed by atoms with E-state index in [0.717, 1.165) is 19.3 Å². The number of ether oxygens (including phenoxy) is 1. The van der Waals surface area contributed by atoms with E-state index in [1.165, 1.54) is 16.7 Å². The number of carbonyl (C=O) groups is 1. The van der Waals surface area contributed by atoms with Crippen molar-refractivity contribution in [3.8, 4) is 0 Å². The number of hydrogen-bond acceptors (Lipinski definition) is 3. The van der Waals surface area contributed by atoms with Crippen molar-refractivity contribution in [3.05, 3.63) is 34.9 Å². The number of benzene rings is 1. The molecule has 1 amide bonds. The molecule has 1 aromatic carbocycles. The summed E-state index contributed by atoms with van der Waals surface area (Å²) in [5, 5.41) is 2.84. The highest BCUT2D eigenvalue weighted by Gasteiger charge is 2.37. The van der Waals surface area contributed by atoms with Crippen molar-refractivity contribution in [1.29, 1.82) is 0 Å². The molecule has 0 atom stereocenters. The molecule has 0 aliphatic rings. The highest BCUT2D eigenvalue weighted by molar-refractivity contribution is 6.72. The van der Waals surface area contributed by atoms with Crippen molar-refractivity contribution in [2.75, 3.05) is 6.54 Å². The predicted octanol–water partition coefficient (Wildman–Crippen LogP) is 5.79. The average molecular weight is 408 g/mol. The van der Waals surface area contributed by atoms with Crippen molar-refractivity contribution in [2.24, 2.45) is 0 Å². The van der Waals surface area contributed by atoms with Gasteiger partial charge in [0.1, 0.15) is 5.60 Å². The second-order valence-corrected chi connectivity index (χ2v) is 14.8. The van der Waals surface area contributed by atoms with Gasteiger partial charge in [-0.1, -0.05) is 45.9 Å². The zero-order valence-corrected chi connectivity index (χ0v) is 20.4. The van der Waals surface area contributed by atoms with Gasteiger partial charge in [-0.2, -0.15) is 0 Å². The van der Waals surface area contributed by atoms with Crippen LogP contribution in [0, 0.1) is 0 Å². The molecule has 0 spiro atoms. The molecule has 0 bridgehead atoms. The number of amides is 1. The van der Waals surface area contributed by atoms with Gasteiger partial charge < -0.3 is 14.8 Å². The van der Waals surface area contributed by atoms with Crippen molar-refractivity contribution in [2.45, 2.75) is 97.4 Å². The van der Waals surface area contributed by atoms with Gasteiger partial charge in [-0.3, -0.25) is 0 Å². The van der Waals surface area contributed by atoms with Crippen LogP contribution < -0.4 is 5.32 Å². The first-order valence-corrected chi connectivity index (χ1v) is 13.4. The summed E-state index contributed by atoms with van der Waals surface area (Å²) >= 11 is 0. The first-order chi connectivity index (χ1) is 12.6. The number of alkyl carbamates (subject to hydrolysis) is 1. The first-order valence-electron chi connectivity index (χ1n) is 10.4. The lowest BCUT2D eigenvalue weighted by Gasteiger charge is -2.35. The van der Waals surface area contributed by atoms with Gasteiger partial charge in [0.05, 0.1) is 0 Å². The minimum Gasteiger partial charge on any atom is -0.444 e. The molecule has 1 rings (SSSR count). The summed E-state index contributed by atoms with van der Waals surface area (Å²) in [6.45, 7) is 18.9. The number of carbonyl (C=O) groups excluding carboxylic acids is 1. The van der Waals surface area contributed by atoms with Crippen molar-refractivity contribution in [1.82, 2.24) is 5.32 Å². The maximum absolute atomic E-state index is 11.9. The van der Waals surface area contributed by atoms with E-state index in [0.29, 0.717) is 12.5 Å². The molecule has 0 saturated heterocycles. The monoisotopic (exact) mass is 407 g/mol. The van der Waals surface area contributed by atoms with Crippen LogP contribution in [0.2, 0.25) is 18.1 Å². The van der Waals surface area contributed by atoms with Crippen LogP contribution in [0.5, 0.6) is 0 Å². The molecular weight excluding hydrogens is 366 g/mol. The van der Waals surface area contributed by atoms with E-state index in [4.69, 9.17) is 4.74 Å². The SMILES string of the molecule is CC(C)c1ccc(CCC(C)(C)[Si](C)(C)O)cc1CCNC(=O)OC(C)(C)C. The number of hydrogen-bond donors (Lipinski definition) is 2. The Kier molecular flexibility index (Phi) is 8.33. The summed E-state index contributed by atoms with van der Waals surface area (Å²) in [4.78, 5) is 22.4. The molecule has 0 fully saturated rings. The third-order valence-corrected chi connectivity index (χ3v) is 9.15. The molecule has 0 aliphatic heterocycles. The standard InChI is InChI=1S/C23H41NO3Si/c1-17(2)20-11-10-18(12-14-23(6,7)28(8,9)26)16-19(20)13-15-24-21(25)27-22(3,4)5/h10-11,16-17,26H,12-15H2,1-9H3,(H,24,25). The smallest absolute Gasteiger partial charge is 0.407 e. The molecule has 160 valence electrons. The molecule has 0 radical (unpaired) electrons. The Morgan fingerprint density at radius 3 is 2.25 bits per heavy atom. The van der Waals surface area contributed by atoms with Crippen molar-refractivity contribution < 1.29 is 14.3 Å². The van der Waals surface area contributed by atoms with E-state index in [2.05, 4.69) is 51.2 Å². The van der Waals surface area contributed by atoms with E-state index in [1.54, 1.807) is 0 Å². The fourth-order valence-electron chi connectivity index (χ4n) is 2.97. The first kappa shape index (κ1) is 24.7. The summed E-state index contributed by atoms with van der Waals surface area (Å²) in [7, 11) is -2.20. The molecule has 0 unspecified atom stereocenters. The zero-order chi connectivity index (χ0) is 21.8. The Balaban J connectivity index is 2.81. The third-order valence-electron chi connectivity index (χ3n) is 5.59. The second kappa shape index (κ2) is 9.44. The lowest BCUT2D eigenvalue weighted by atomic mass is 9.91. The largest absolute Gasteiger partial charge is 0.444 e. The molecule has 0 aliphatic carbocycles. The summed E-state index contributed by atoms with van der Waals surface area (Å²) in [5.41, 5.74) is 3.42. The number of nitrogens with one attached hydrogen (secondary N) is 1. The van der Waals surface area contributed by atoms with Crippen LogP contribution >= 0.6 is 0 Å². The van der Waals surface area contributed by atoms with Gasteiger partial charge in [0.25, 0.3) is 0 Å². The fourth-order valence-corrected chi connectivity index (χ4v) is 3.71. The number of aryl methyl sites for hydroxylation is 1. The van der Waals surface area contributed by atoms with E-state index in [1.807, 2.05) is 33.9 Å². The second-order valence-electron chi connectivity index (χ2n) is 10.3. The fraction of sp³-hybridized carbons (Fsp3) is 0.696. The molecule has 1 aromatic rings. The predicted molar refractivity (Wildman–Crippen MR) is 121 cm³/mol. The Labute approximate surface area is 173 Å². The van der Waals surface area contributed by atoms with E-state index in [-0.39, 0.29) is 11.1 Å². The molecule has 5 heteroatoms. The minimum absolute atomic E-state index is 0.0256. The van der Waals surface area contributed by atoms with Gasteiger partial charge >= 0.3 is 6.09 Å². The molecule has 4 nitrogen and oxygen atoms in total. The number of rotatable bonds is 8. The van der Waals surface area contributed by atoms with E-state index in [9.17, 15) is 9.59 Å². The summed E-state index contributed by atoms with van der Waals surface area (Å²) in [6.07, 6.45) is 2.34. The van der Waals surface area contributed by atoms with Crippen LogP contribution in [-0.4, -0.2) is 31.4 Å². The molecule has 2 N–H and O–H groups in total. The molecule has 0 saturated carbocycles. The lowest BCUT2D eigenvalue weighted by Crippen LogP contribution is -2.39. The van der Waals surface area contributed by atoms with Gasteiger partial charge in [-0.05, 0) is 80.8 Å². The third kappa shape index (κ3) is 7.96. The van der Waals surface area contributed by atoms with Crippen LogP contribution in [-0.2, 0) is 17.6 Å².